The van der Waals surface area contributed by atoms with Crippen LogP contribution in [-0.2, 0) is 19.6 Å². The van der Waals surface area contributed by atoms with E-state index in [0.717, 1.165) is 5.56 Å². The van der Waals surface area contributed by atoms with Crippen molar-refractivity contribution in [2.45, 2.75) is 38.6 Å². The zero-order valence-corrected chi connectivity index (χ0v) is 14.9. The van der Waals surface area contributed by atoms with Gasteiger partial charge < -0.3 is 4.74 Å². The average molecular weight is 357 g/mol. The van der Waals surface area contributed by atoms with Crippen LogP contribution in [0.5, 0.6) is 0 Å². The van der Waals surface area contributed by atoms with E-state index in [1.54, 1.807) is 32.9 Å². The quantitative estimate of drug-likeness (QED) is 0.659. The van der Waals surface area contributed by atoms with Crippen LogP contribution in [0, 0.1) is 12.8 Å². The molecule has 1 aromatic carbocycles. The predicted octanol–water partition coefficient (Wildman–Crippen LogP) is 1.08. The third-order valence-electron chi connectivity index (χ3n) is 3.13. The summed E-state index contributed by atoms with van der Waals surface area (Å²) in [4.78, 5) is 23.4. The molecule has 0 heterocycles. The fraction of sp³-hybridized carbons (Fsp3) is 0.467. The molecule has 0 aliphatic carbocycles. The first-order chi connectivity index (χ1) is 11.2. The summed E-state index contributed by atoms with van der Waals surface area (Å²) in [6.07, 6.45) is -0.824. The van der Waals surface area contributed by atoms with Crippen LogP contribution >= 0.6 is 0 Å². The van der Waals surface area contributed by atoms with Crippen LogP contribution in [-0.4, -0.2) is 33.1 Å². The van der Waals surface area contributed by atoms with Crippen molar-refractivity contribution in [3.05, 3.63) is 29.8 Å². The van der Waals surface area contributed by atoms with Gasteiger partial charge >= 0.3 is 6.09 Å². The molecular weight excluding hydrogens is 334 g/mol. The van der Waals surface area contributed by atoms with Gasteiger partial charge in [-0.05, 0) is 31.9 Å². The van der Waals surface area contributed by atoms with E-state index in [2.05, 4.69) is 20.3 Å². The van der Waals surface area contributed by atoms with E-state index in [1.165, 1.54) is 12.1 Å². The molecule has 134 valence electrons. The minimum atomic E-state index is -3.87. The van der Waals surface area contributed by atoms with Crippen LogP contribution in [0.25, 0.3) is 0 Å². The average Bonchev–Trinajstić information content (AvgIpc) is 2.51. The largest absolute Gasteiger partial charge is 0.449 e. The highest BCUT2D eigenvalue weighted by molar-refractivity contribution is 7.89. The number of hydrazine groups is 1. The van der Waals surface area contributed by atoms with Gasteiger partial charge in [-0.25, -0.2) is 18.6 Å². The number of rotatable bonds is 6. The Morgan fingerprint density at radius 3 is 2.21 bits per heavy atom. The molecule has 0 bridgehead atoms. The second-order valence-corrected chi connectivity index (χ2v) is 7.20. The highest BCUT2D eigenvalue weighted by atomic mass is 32.2. The molecule has 0 spiro atoms. The molecule has 1 rings (SSSR count). The number of nitrogens with one attached hydrogen (secondary N) is 3. The van der Waals surface area contributed by atoms with Crippen LogP contribution in [0.4, 0.5) is 4.79 Å². The summed E-state index contributed by atoms with van der Waals surface area (Å²) in [5, 5.41) is 0. The number of carbonyl (C=O) groups excluding carboxylic acids is 2. The van der Waals surface area contributed by atoms with E-state index >= 15 is 0 Å². The van der Waals surface area contributed by atoms with E-state index in [-0.39, 0.29) is 17.4 Å². The second-order valence-electron chi connectivity index (χ2n) is 5.49. The Morgan fingerprint density at radius 2 is 1.71 bits per heavy atom. The molecule has 1 atom stereocenters. The van der Waals surface area contributed by atoms with Crippen molar-refractivity contribution >= 4 is 22.0 Å². The fourth-order valence-corrected chi connectivity index (χ4v) is 3.15. The van der Waals surface area contributed by atoms with Gasteiger partial charge in [0.15, 0.2) is 0 Å². The summed E-state index contributed by atoms with van der Waals surface area (Å²) in [6.45, 7) is 6.98. The van der Waals surface area contributed by atoms with Crippen molar-refractivity contribution < 1.29 is 22.7 Å². The van der Waals surface area contributed by atoms with Crippen molar-refractivity contribution in [2.75, 3.05) is 6.61 Å². The molecule has 3 N–H and O–H groups in total. The van der Waals surface area contributed by atoms with Gasteiger partial charge in [-0.3, -0.25) is 10.2 Å². The van der Waals surface area contributed by atoms with E-state index < -0.39 is 28.1 Å². The highest BCUT2D eigenvalue weighted by Crippen LogP contribution is 2.13. The van der Waals surface area contributed by atoms with E-state index in [4.69, 9.17) is 0 Å². The standard InChI is InChI=1S/C15H23N3O5S/c1-5-23-15(20)17-16-14(19)13(10(2)3)18-24(21,22)12-8-6-11(4)7-9-12/h6-10,13,18H,5H2,1-4H3,(H,16,19)(H,17,20). The number of sulfonamides is 1. The Morgan fingerprint density at radius 1 is 1.12 bits per heavy atom. The van der Waals surface area contributed by atoms with Gasteiger partial charge in [0.2, 0.25) is 10.0 Å². The molecule has 0 saturated heterocycles. The lowest BCUT2D eigenvalue weighted by Crippen LogP contribution is -2.54. The SMILES string of the molecule is CCOC(=O)NNC(=O)C(NS(=O)(=O)c1ccc(C)cc1)C(C)C. The third-order valence-corrected chi connectivity index (χ3v) is 4.58. The Kier molecular flexibility index (Phi) is 7.18. The fourth-order valence-electron chi connectivity index (χ4n) is 1.80. The molecule has 0 aliphatic heterocycles. The Labute approximate surface area is 142 Å². The van der Waals surface area contributed by atoms with Crippen molar-refractivity contribution in [1.82, 2.24) is 15.6 Å². The molecule has 1 unspecified atom stereocenters. The maximum Gasteiger partial charge on any atom is 0.426 e. The van der Waals surface area contributed by atoms with Crippen LogP contribution in [0.3, 0.4) is 0 Å². The highest BCUT2D eigenvalue weighted by Gasteiger charge is 2.28. The first-order valence-electron chi connectivity index (χ1n) is 7.49. The number of amides is 2. The van der Waals surface area contributed by atoms with Crippen LogP contribution in [0.2, 0.25) is 0 Å². The number of benzene rings is 1. The molecule has 0 aromatic heterocycles. The number of carbonyl (C=O) groups is 2. The van der Waals surface area contributed by atoms with Gasteiger partial charge in [-0.2, -0.15) is 4.72 Å². The molecular formula is C15H23N3O5S. The third kappa shape index (κ3) is 5.82. The Hall–Kier alpha value is -2.13. The summed E-state index contributed by atoms with van der Waals surface area (Å²) >= 11 is 0. The van der Waals surface area contributed by atoms with Crippen molar-refractivity contribution in [3.8, 4) is 0 Å². The molecule has 0 aliphatic rings. The first kappa shape index (κ1) is 19.9. The van der Waals surface area contributed by atoms with Gasteiger partial charge in [-0.15, -0.1) is 0 Å². The molecule has 1 aromatic rings. The molecule has 8 nitrogen and oxygen atoms in total. The van der Waals surface area contributed by atoms with Crippen molar-refractivity contribution in [2.24, 2.45) is 5.92 Å². The van der Waals surface area contributed by atoms with E-state index in [1.807, 2.05) is 6.92 Å². The van der Waals surface area contributed by atoms with Crippen LogP contribution < -0.4 is 15.6 Å². The summed E-state index contributed by atoms with van der Waals surface area (Å²) in [5.74, 6) is -1.03. The molecule has 0 fully saturated rings. The number of hydrogen-bond donors (Lipinski definition) is 3. The van der Waals surface area contributed by atoms with Gasteiger partial charge in [-0.1, -0.05) is 31.5 Å². The predicted molar refractivity (Wildman–Crippen MR) is 88.4 cm³/mol. The van der Waals surface area contributed by atoms with Crippen LogP contribution in [0.15, 0.2) is 29.2 Å². The number of hydrogen-bond acceptors (Lipinski definition) is 5. The second kappa shape index (κ2) is 8.65. The zero-order chi connectivity index (χ0) is 18.3. The topological polar surface area (TPSA) is 114 Å². The zero-order valence-electron chi connectivity index (χ0n) is 14.1. The van der Waals surface area contributed by atoms with Gasteiger partial charge in [0.05, 0.1) is 11.5 Å². The maximum atomic E-state index is 12.4. The number of aryl methyl sites for hydroxylation is 1. The first-order valence-corrected chi connectivity index (χ1v) is 8.97. The van der Waals surface area contributed by atoms with Crippen LogP contribution in [0.1, 0.15) is 26.3 Å². The molecule has 24 heavy (non-hydrogen) atoms. The van der Waals surface area contributed by atoms with E-state index in [0.29, 0.717) is 0 Å². The lowest BCUT2D eigenvalue weighted by atomic mass is 10.1. The van der Waals surface area contributed by atoms with Gasteiger partial charge in [0.25, 0.3) is 5.91 Å². The van der Waals surface area contributed by atoms with Gasteiger partial charge in [0, 0.05) is 0 Å². The lowest BCUT2D eigenvalue weighted by molar-refractivity contribution is -0.124. The van der Waals surface area contributed by atoms with Crippen molar-refractivity contribution in [3.63, 3.8) is 0 Å². The monoisotopic (exact) mass is 357 g/mol. The Bertz CT molecular complexity index is 671. The normalized spacial score (nSPS) is 12.5. The molecule has 0 radical (unpaired) electrons. The molecule has 2 amide bonds. The van der Waals surface area contributed by atoms with Gasteiger partial charge in [0.1, 0.15) is 6.04 Å². The number of ether oxygens (including phenoxy) is 1. The minimum Gasteiger partial charge on any atom is -0.449 e. The van der Waals surface area contributed by atoms with E-state index in [9.17, 15) is 18.0 Å². The summed E-state index contributed by atoms with van der Waals surface area (Å²) in [6, 6.07) is 5.20. The Balaban J connectivity index is 2.83. The summed E-state index contributed by atoms with van der Waals surface area (Å²) in [5.41, 5.74) is 5.12. The summed E-state index contributed by atoms with van der Waals surface area (Å²) in [7, 11) is -3.87. The van der Waals surface area contributed by atoms with Crippen molar-refractivity contribution in [1.29, 1.82) is 0 Å². The minimum absolute atomic E-state index is 0.0601. The maximum absolute atomic E-state index is 12.4. The molecule has 9 heteroatoms. The summed E-state index contributed by atoms with van der Waals surface area (Å²) < 4.78 is 31.8. The molecule has 0 saturated carbocycles. The lowest BCUT2D eigenvalue weighted by Gasteiger charge is -2.21. The smallest absolute Gasteiger partial charge is 0.426 e.